The molecule has 0 fully saturated rings. The Morgan fingerprint density at radius 3 is 0.851 bits per heavy atom. The highest BCUT2D eigenvalue weighted by atomic mass is 16.5. The van der Waals surface area contributed by atoms with Crippen LogP contribution in [-0.2, 0) is 19.1 Å². The SMILES string of the molecule is CCCCCCCCCCCCCCCCCC(=O)OCC(CC)(CO)COC(=O)CCCCCCCCCCCCCCCCC. The van der Waals surface area contributed by atoms with Crippen molar-refractivity contribution in [2.75, 3.05) is 19.8 Å². The van der Waals surface area contributed by atoms with Gasteiger partial charge in [-0.25, -0.2) is 0 Å². The molecule has 0 heterocycles. The van der Waals surface area contributed by atoms with Gasteiger partial charge in [0.2, 0.25) is 0 Å². The summed E-state index contributed by atoms with van der Waals surface area (Å²) in [5, 5.41) is 10.1. The molecule has 5 heteroatoms. The van der Waals surface area contributed by atoms with Gasteiger partial charge in [-0.15, -0.1) is 0 Å². The van der Waals surface area contributed by atoms with Gasteiger partial charge in [-0.3, -0.25) is 9.59 Å². The molecule has 0 saturated heterocycles. The van der Waals surface area contributed by atoms with E-state index in [0.29, 0.717) is 19.3 Å². The second kappa shape index (κ2) is 36.2. The molecule has 0 aromatic heterocycles. The summed E-state index contributed by atoms with van der Waals surface area (Å²) in [6.45, 7) is 6.53. The number of carbonyl (C=O) groups excluding carboxylic acids is 2. The fourth-order valence-electron chi connectivity index (χ4n) is 6.34. The Hall–Kier alpha value is -1.10. The molecule has 0 saturated carbocycles. The zero-order valence-corrected chi connectivity index (χ0v) is 32.0. The van der Waals surface area contributed by atoms with E-state index in [1.54, 1.807) is 0 Å². The number of aliphatic hydroxyl groups excluding tert-OH is 1. The molecule has 0 bridgehead atoms. The van der Waals surface area contributed by atoms with Crippen LogP contribution in [0.2, 0.25) is 0 Å². The van der Waals surface area contributed by atoms with E-state index in [-0.39, 0.29) is 31.8 Å². The summed E-state index contributed by atoms with van der Waals surface area (Å²) in [4.78, 5) is 24.7. The number of carbonyl (C=O) groups is 2. The molecule has 0 atom stereocenters. The normalized spacial score (nSPS) is 11.7. The van der Waals surface area contributed by atoms with Crippen LogP contribution in [0.3, 0.4) is 0 Å². The highest BCUT2D eigenvalue weighted by Gasteiger charge is 2.31. The summed E-state index contributed by atoms with van der Waals surface area (Å²) in [5.41, 5.74) is -0.713. The summed E-state index contributed by atoms with van der Waals surface area (Å²) in [7, 11) is 0. The maximum absolute atomic E-state index is 12.4. The third-order valence-electron chi connectivity index (χ3n) is 10.1. The first kappa shape index (κ1) is 45.9. The predicted molar refractivity (Wildman–Crippen MR) is 201 cm³/mol. The minimum absolute atomic E-state index is 0.101. The zero-order valence-electron chi connectivity index (χ0n) is 32.0. The third-order valence-corrected chi connectivity index (χ3v) is 10.1. The Balaban J connectivity index is 3.72. The topological polar surface area (TPSA) is 72.8 Å². The Morgan fingerprint density at radius 2 is 0.638 bits per heavy atom. The second-order valence-electron chi connectivity index (χ2n) is 14.7. The van der Waals surface area contributed by atoms with Crippen molar-refractivity contribution < 1.29 is 24.2 Å². The molecule has 0 aliphatic rings. The van der Waals surface area contributed by atoms with Crippen LogP contribution in [0, 0.1) is 5.41 Å². The number of unbranched alkanes of at least 4 members (excludes halogenated alkanes) is 28. The first-order valence-electron chi connectivity index (χ1n) is 21.0. The standard InChI is InChI=1S/C42H82O5/c1-4-7-9-11-13-15-17-19-21-23-25-27-29-31-33-35-40(44)46-38-42(6-3,37-43)39-47-41(45)36-34-32-30-28-26-24-22-20-18-16-14-12-10-8-5-2/h43H,4-39H2,1-3H3. The Bertz CT molecular complexity index is 607. The molecule has 0 aliphatic heterocycles. The predicted octanol–water partition coefficient (Wildman–Crippen LogP) is 13.0. The van der Waals surface area contributed by atoms with Gasteiger partial charge in [0.15, 0.2) is 0 Å². The number of hydrogen-bond donors (Lipinski definition) is 1. The van der Waals surface area contributed by atoms with E-state index in [2.05, 4.69) is 13.8 Å². The smallest absolute Gasteiger partial charge is 0.305 e. The maximum Gasteiger partial charge on any atom is 0.305 e. The summed E-state index contributed by atoms with van der Waals surface area (Å²) >= 11 is 0. The lowest BCUT2D eigenvalue weighted by atomic mass is 9.88. The van der Waals surface area contributed by atoms with Gasteiger partial charge in [0, 0.05) is 12.8 Å². The van der Waals surface area contributed by atoms with Crippen molar-refractivity contribution in [3.8, 4) is 0 Å². The van der Waals surface area contributed by atoms with Crippen LogP contribution in [-0.4, -0.2) is 36.9 Å². The van der Waals surface area contributed by atoms with Crippen molar-refractivity contribution in [2.45, 2.75) is 233 Å². The van der Waals surface area contributed by atoms with Crippen LogP contribution >= 0.6 is 0 Å². The molecule has 0 radical (unpaired) electrons. The second-order valence-corrected chi connectivity index (χ2v) is 14.7. The molecule has 0 rings (SSSR count). The van der Waals surface area contributed by atoms with Crippen LogP contribution in [0.4, 0.5) is 0 Å². The van der Waals surface area contributed by atoms with Crippen LogP contribution in [0.5, 0.6) is 0 Å². The first-order valence-corrected chi connectivity index (χ1v) is 21.0. The van der Waals surface area contributed by atoms with E-state index in [0.717, 1.165) is 25.7 Å². The van der Waals surface area contributed by atoms with Crippen molar-refractivity contribution in [1.82, 2.24) is 0 Å². The Labute approximate surface area is 293 Å². The molecule has 0 aromatic carbocycles. The molecular weight excluding hydrogens is 584 g/mol. The van der Waals surface area contributed by atoms with E-state index in [1.807, 2.05) is 6.92 Å². The summed E-state index contributed by atoms with van der Waals surface area (Å²) in [6.07, 6.45) is 40.4. The van der Waals surface area contributed by atoms with Crippen LogP contribution in [0.15, 0.2) is 0 Å². The largest absolute Gasteiger partial charge is 0.465 e. The molecule has 0 unspecified atom stereocenters. The highest BCUT2D eigenvalue weighted by molar-refractivity contribution is 5.69. The van der Waals surface area contributed by atoms with Crippen LogP contribution in [0.25, 0.3) is 0 Å². The number of rotatable bonds is 38. The van der Waals surface area contributed by atoms with Gasteiger partial charge < -0.3 is 14.6 Å². The Kier molecular flexibility index (Phi) is 35.3. The van der Waals surface area contributed by atoms with Crippen molar-refractivity contribution in [3.63, 3.8) is 0 Å². The molecule has 280 valence electrons. The minimum Gasteiger partial charge on any atom is -0.465 e. The van der Waals surface area contributed by atoms with Gasteiger partial charge in [-0.2, -0.15) is 0 Å². The lowest BCUT2D eigenvalue weighted by Crippen LogP contribution is -2.37. The van der Waals surface area contributed by atoms with E-state index in [1.165, 1.54) is 167 Å². The van der Waals surface area contributed by atoms with E-state index >= 15 is 0 Å². The van der Waals surface area contributed by atoms with E-state index in [9.17, 15) is 14.7 Å². The summed E-state index contributed by atoms with van der Waals surface area (Å²) in [6, 6.07) is 0. The average molecular weight is 667 g/mol. The molecule has 5 nitrogen and oxygen atoms in total. The van der Waals surface area contributed by atoms with Gasteiger partial charge in [-0.05, 0) is 19.3 Å². The number of ether oxygens (including phenoxy) is 2. The molecule has 0 aliphatic carbocycles. The third kappa shape index (κ3) is 31.9. The molecule has 0 amide bonds. The zero-order chi connectivity index (χ0) is 34.5. The van der Waals surface area contributed by atoms with Gasteiger partial charge in [0.1, 0.15) is 13.2 Å². The van der Waals surface area contributed by atoms with Crippen molar-refractivity contribution in [1.29, 1.82) is 0 Å². The fourth-order valence-corrected chi connectivity index (χ4v) is 6.34. The van der Waals surface area contributed by atoms with Crippen LogP contribution in [0.1, 0.15) is 233 Å². The van der Waals surface area contributed by atoms with E-state index < -0.39 is 5.41 Å². The van der Waals surface area contributed by atoms with Crippen LogP contribution < -0.4 is 0 Å². The van der Waals surface area contributed by atoms with Gasteiger partial charge in [0.25, 0.3) is 0 Å². The van der Waals surface area contributed by atoms with Crippen molar-refractivity contribution in [3.05, 3.63) is 0 Å². The number of hydrogen-bond acceptors (Lipinski definition) is 5. The molecule has 0 spiro atoms. The number of aliphatic hydroxyl groups is 1. The van der Waals surface area contributed by atoms with Crippen molar-refractivity contribution >= 4 is 11.9 Å². The maximum atomic E-state index is 12.4. The van der Waals surface area contributed by atoms with Gasteiger partial charge in [-0.1, -0.05) is 201 Å². The van der Waals surface area contributed by atoms with E-state index in [4.69, 9.17) is 9.47 Å². The number of esters is 2. The summed E-state index contributed by atoms with van der Waals surface area (Å²) < 4.78 is 11.1. The summed E-state index contributed by atoms with van der Waals surface area (Å²) in [5.74, 6) is -0.426. The fraction of sp³-hybridized carbons (Fsp3) is 0.952. The molecule has 1 N–H and O–H groups in total. The minimum atomic E-state index is -0.713. The Morgan fingerprint density at radius 1 is 0.404 bits per heavy atom. The molecule has 47 heavy (non-hydrogen) atoms. The lowest BCUT2D eigenvalue weighted by Gasteiger charge is -2.29. The highest BCUT2D eigenvalue weighted by Crippen LogP contribution is 2.24. The van der Waals surface area contributed by atoms with Gasteiger partial charge >= 0.3 is 11.9 Å². The monoisotopic (exact) mass is 667 g/mol. The van der Waals surface area contributed by atoms with Crippen molar-refractivity contribution in [2.24, 2.45) is 5.41 Å². The molecular formula is C42H82O5. The first-order chi connectivity index (χ1) is 23.0. The average Bonchev–Trinajstić information content (AvgIpc) is 3.08. The van der Waals surface area contributed by atoms with Gasteiger partial charge in [0.05, 0.1) is 12.0 Å². The lowest BCUT2D eigenvalue weighted by molar-refractivity contribution is -0.156. The molecule has 0 aromatic rings. The quantitative estimate of drug-likeness (QED) is 0.0524.